The molecule has 19 heavy (non-hydrogen) atoms. The van der Waals surface area contributed by atoms with Gasteiger partial charge in [-0.2, -0.15) is 5.10 Å². The number of nitrogen functional groups attached to an aromatic ring is 1. The van der Waals surface area contributed by atoms with E-state index in [2.05, 4.69) is 10.1 Å². The van der Waals surface area contributed by atoms with Crippen LogP contribution in [-0.2, 0) is 11.6 Å². The summed E-state index contributed by atoms with van der Waals surface area (Å²) in [5, 5.41) is 4.37. The summed E-state index contributed by atoms with van der Waals surface area (Å²) < 4.78 is 19.1. The SMILES string of the molecule is COc1c(N)cncc1-c1cc(P(C)(C)=O)n(C)n1. The van der Waals surface area contributed by atoms with Gasteiger partial charge in [-0.05, 0) is 19.4 Å². The molecule has 2 aromatic heterocycles. The molecule has 0 fully saturated rings. The van der Waals surface area contributed by atoms with Crippen LogP contribution in [0.4, 0.5) is 5.69 Å². The number of ether oxygens (including phenoxy) is 1. The molecule has 0 spiro atoms. The second-order valence-corrected chi connectivity index (χ2v) is 7.83. The van der Waals surface area contributed by atoms with E-state index in [1.807, 2.05) is 0 Å². The fourth-order valence-corrected chi connectivity index (χ4v) is 3.14. The number of hydrogen-bond acceptors (Lipinski definition) is 5. The number of aryl methyl sites for hydroxylation is 1. The summed E-state index contributed by atoms with van der Waals surface area (Å²) in [4.78, 5) is 4.05. The average molecular weight is 280 g/mol. The summed E-state index contributed by atoms with van der Waals surface area (Å²) in [5.41, 5.74) is 8.31. The third-order valence-corrected chi connectivity index (χ3v) is 4.33. The molecular weight excluding hydrogens is 263 g/mol. The van der Waals surface area contributed by atoms with E-state index < -0.39 is 7.14 Å². The van der Waals surface area contributed by atoms with Crippen molar-refractivity contribution in [3.8, 4) is 17.0 Å². The van der Waals surface area contributed by atoms with Gasteiger partial charge in [0.05, 0.1) is 35.7 Å². The van der Waals surface area contributed by atoms with E-state index in [9.17, 15) is 4.57 Å². The molecule has 0 unspecified atom stereocenters. The normalized spacial score (nSPS) is 11.6. The van der Waals surface area contributed by atoms with Crippen LogP contribution in [0.1, 0.15) is 0 Å². The zero-order chi connectivity index (χ0) is 14.2. The summed E-state index contributed by atoms with van der Waals surface area (Å²) in [7, 11) is 0.931. The van der Waals surface area contributed by atoms with E-state index in [0.29, 0.717) is 28.1 Å². The van der Waals surface area contributed by atoms with Gasteiger partial charge >= 0.3 is 0 Å². The van der Waals surface area contributed by atoms with Gasteiger partial charge in [-0.15, -0.1) is 0 Å². The molecule has 2 N–H and O–H groups in total. The first kappa shape index (κ1) is 13.6. The number of nitrogens with zero attached hydrogens (tertiary/aromatic N) is 3. The zero-order valence-corrected chi connectivity index (χ0v) is 12.3. The van der Waals surface area contributed by atoms with Crippen molar-refractivity contribution in [2.24, 2.45) is 7.05 Å². The Morgan fingerprint density at radius 1 is 1.37 bits per heavy atom. The Balaban J connectivity index is 2.61. The number of hydrogen-bond donors (Lipinski definition) is 1. The van der Waals surface area contributed by atoms with Gasteiger partial charge in [-0.1, -0.05) is 0 Å². The van der Waals surface area contributed by atoms with Crippen LogP contribution in [0.2, 0.25) is 0 Å². The van der Waals surface area contributed by atoms with Crippen LogP contribution in [0.15, 0.2) is 18.5 Å². The standard InChI is InChI=1S/C12H17N4O2P/c1-16-11(19(3,4)17)5-10(15-16)8-6-14-7-9(13)12(8)18-2/h5-7H,13H2,1-4H3. The lowest BCUT2D eigenvalue weighted by atomic mass is 10.2. The highest BCUT2D eigenvalue weighted by molar-refractivity contribution is 7.69. The minimum absolute atomic E-state index is 0.448. The molecule has 0 aromatic carbocycles. The topological polar surface area (TPSA) is 83.0 Å². The minimum Gasteiger partial charge on any atom is -0.494 e. The maximum Gasteiger partial charge on any atom is 0.154 e. The largest absolute Gasteiger partial charge is 0.494 e. The van der Waals surface area contributed by atoms with E-state index in [1.54, 1.807) is 44.4 Å². The Morgan fingerprint density at radius 3 is 2.58 bits per heavy atom. The summed E-state index contributed by atoms with van der Waals surface area (Å²) >= 11 is 0. The highest BCUT2D eigenvalue weighted by atomic mass is 31.2. The second kappa shape index (κ2) is 4.70. The van der Waals surface area contributed by atoms with Gasteiger partial charge in [0, 0.05) is 13.2 Å². The third-order valence-electron chi connectivity index (χ3n) is 2.81. The van der Waals surface area contributed by atoms with Crippen molar-refractivity contribution >= 4 is 18.3 Å². The van der Waals surface area contributed by atoms with E-state index in [-0.39, 0.29) is 0 Å². The molecule has 102 valence electrons. The summed E-state index contributed by atoms with van der Waals surface area (Å²) in [6, 6.07) is 1.79. The molecule has 0 saturated carbocycles. The van der Waals surface area contributed by atoms with Gasteiger partial charge in [0.2, 0.25) is 0 Å². The number of anilines is 1. The van der Waals surface area contributed by atoms with E-state index >= 15 is 0 Å². The van der Waals surface area contributed by atoms with Gasteiger partial charge in [0.25, 0.3) is 0 Å². The van der Waals surface area contributed by atoms with Crippen molar-refractivity contribution < 1.29 is 9.30 Å². The van der Waals surface area contributed by atoms with Crippen LogP contribution in [0.3, 0.4) is 0 Å². The van der Waals surface area contributed by atoms with E-state index in [1.165, 1.54) is 6.20 Å². The minimum atomic E-state index is -2.38. The van der Waals surface area contributed by atoms with Crippen molar-refractivity contribution in [3.05, 3.63) is 18.5 Å². The first-order valence-electron chi connectivity index (χ1n) is 5.72. The Morgan fingerprint density at radius 2 is 2.05 bits per heavy atom. The molecular formula is C12H17N4O2P. The van der Waals surface area contributed by atoms with Crippen LogP contribution in [0.25, 0.3) is 11.3 Å². The summed E-state index contributed by atoms with van der Waals surface area (Å²) in [6.45, 7) is 3.42. The van der Waals surface area contributed by atoms with Crippen LogP contribution in [-0.4, -0.2) is 35.2 Å². The molecule has 0 amide bonds. The lowest BCUT2D eigenvalue weighted by molar-refractivity contribution is 0.418. The highest BCUT2D eigenvalue weighted by Crippen LogP contribution is 2.37. The van der Waals surface area contributed by atoms with Crippen molar-refractivity contribution in [2.75, 3.05) is 26.2 Å². The Labute approximate surface area is 112 Å². The van der Waals surface area contributed by atoms with Gasteiger partial charge in [-0.3, -0.25) is 9.67 Å². The van der Waals surface area contributed by atoms with Crippen LogP contribution in [0.5, 0.6) is 5.75 Å². The van der Waals surface area contributed by atoms with E-state index in [4.69, 9.17) is 10.5 Å². The van der Waals surface area contributed by atoms with Gasteiger partial charge in [0.15, 0.2) is 5.75 Å². The molecule has 0 radical (unpaired) electrons. The predicted octanol–water partition coefficient (Wildman–Crippen LogP) is 1.32. The van der Waals surface area contributed by atoms with Crippen molar-refractivity contribution in [3.63, 3.8) is 0 Å². The molecule has 0 aliphatic carbocycles. The van der Waals surface area contributed by atoms with Crippen molar-refractivity contribution in [2.45, 2.75) is 0 Å². The lowest BCUT2D eigenvalue weighted by Crippen LogP contribution is -2.13. The summed E-state index contributed by atoms with van der Waals surface area (Å²) in [5.74, 6) is 0.529. The highest BCUT2D eigenvalue weighted by Gasteiger charge is 2.20. The molecule has 7 heteroatoms. The van der Waals surface area contributed by atoms with Crippen LogP contribution < -0.4 is 15.9 Å². The molecule has 2 rings (SSSR count). The van der Waals surface area contributed by atoms with E-state index in [0.717, 1.165) is 0 Å². The molecule has 2 aromatic rings. The molecule has 0 saturated heterocycles. The Kier molecular flexibility index (Phi) is 3.37. The van der Waals surface area contributed by atoms with Gasteiger partial charge in [0.1, 0.15) is 7.14 Å². The fourth-order valence-electron chi connectivity index (χ4n) is 1.97. The van der Waals surface area contributed by atoms with Gasteiger partial charge in [-0.25, -0.2) is 0 Å². The van der Waals surface area contributed by atoms with Crippen molar-refractivity contribution in [1.29, 1.82) is 0 Å². The van der Waals surface area contributed by atoms with Crippen molar-refractivity contribution in [1.82, 2.24) is 14.8 Å². The monoisotopic (exact) mass is 280 g/mol. The Hall–Kier alpha value is -1.81. The molecule has 0 aliphatic heterocycles. The predicted molar refractivity (Wildman–Crippen MR) is 76.5 cm³/mol. The molecule has 0 aliphatic rings. The molecule has 6 nitrogen and oxygen atoms in total. The Bertz CT molecular complexity index is 660. The van der Waals surface area contributed by atoms with Gasteiger partial charge < -0.3 is 15.0 Å². The first-order valence-corrected chi connectivity index (χ1v) is 8.32. The average Bonchev–Trinajstić information content (AvgIpc) is 2.70. The quantitative estimate of drug-likeness (QED) is 0.857. The third kappa shape index (κ3) is 2.49. The second-order valence-electron chi connectivity index (χ2n) is 4.67. The van der Waals surface area contributed by atoms with Crippen LogP contribution >= 0.6 is 7.14 Å². The number of nitrogens with two attached hydrogens (primary N) is 1. The zero-order valence-electron chi connectivity index (χ0n) is 11.4. The maximum absolute atomic E-state index is 12.2. The molecule has 0 atom stereocenters. The first-order chi connectivity index (χ1) is 8.84. The number of methoxy groups -OCH3 is 1. The van der Waals surface area contributed by atoms with Crippen LogP contribution in [0, 0.1) is 0 Å². The smallest absolute Gasteiger partial charge is 0.154 e. The number of rotatable bonds is 3. The lowest BCUT2D eigenvalue weighted by Gasteiger charge is -2.07. The number of aromatic nitrogens is 3. The number of pyridine rings is 1. The molecule has 0 bridgehead atoms. The molecule has 2 heterocycles. The summed E-state index contributed by atoms with van der Waals surface area (Å²) in [6.07, 6.45) is 3.16. The maximum atomic E-state index is 12.2. The fraction of sp³-hybridized carbons (Fsp3) is 0.333.